The van der Waals surface area contributed by atoms with Crippen LogP contribution in [0.1, 0.15) is 21.5 Å². The summed E-state index contributed by atoms with van der Waals surface area (Å²) in [5, 5.41) is 11.2. The maximum Gasteiger partial charge on any atom is 0.252 e. The first-order chi connectivity index (χ1) is 11.4. The molecule has 0 radical (unpaired) electrons. The third-order valence-corrected chi connectivity index (χ3v) is 3.27. The zero-order valence-corrected chi connectivity index (χ0v) is 12.4. The van der Waals surface area contributed by atoms with Gasteiger partial charge >= 0.3 is 0 Å². The van der Waals surface area contributed by atoms with Crippen LogP contribution in [0.5, 0.6) is 0 Å². The minimum Gasteiger partial charge on any atom is -0.368 e. The summed E-state index contributed by atoms with van der Waals surface area (Å²) in [7, 11) is 0. The van der Waals surface area contributed by atoms with E-state index in [0.717, 1.165) is 12.1 Å². The molecule has 0 saturated carbocycles. The van der Waals surface area contributed by atoms with Crippen molar-refractivity contribution in [3.8, 4) is 6.07 Å². The first-order valence-corrected chi connectivity index (χ1v) is 6.94. The highest BCUT2D eigenvalue weighted by Crippen LogP contribution is 2.10. The summed E-state index contributed by atoms with van der Waals surface area (Å²) < 4.78 is 26.3. The molecule has 0 aliphatic heterocycles. The molecule has 122 valence electrons. The average molecular weight is 329 g/mol. The van der Waals surface area contributed by atoms with E-state index in [0.29, 0.717) is 17.2 Å². The Balaban J connectivity index is 2.17. The lowest BCUT2D eigenvalue weighted by Crippen LogP contribution is -2.45. The van der Waals surface area contributed by atoms with E-state index in [-0.39, 0.29) is 12.0 Å². The van der Waals surface area contributed by atoms with Crippen LogP contribution in [0.25, 0.3) is 0 Å². The van der Waals surface area contributed by atoms with E-state index >= 15 is 0 Å². The predicted octanol–water partition coefficient (Wildman–Crippen LogP) is 1.66. The number of rotatable bonds is 5. The van der Waals surface area contributed by atoms with E-state index in [1.165, 1.54) is 0 Å². The van der Waals surface area contributed by atoms with Crippen LogP contribution in [0.2, 0.25) is 0 Å². The number of primary amides is 1. The van der Waals surface area contributed by atoms with Crippen LogP contribution >= 0.6 is 0 Å². The molecule has 24 heavy (non-hydrogen) atoms. The van der Waals surface area contributed by atoms with Gasteiger partial charge in [0.05, 0.1) is 11.6 Å². The van der Waals surface area contributed by atoms with Crippen LogP contribution in [0, 0.1) is 23.0 Å². The van der Waals surface area contributed by atoms with Gasteiger partial charge in [-0.25, -0.2) is 8.78 Å². The van der Waals surface area contributed by atoms with Gasteiger partial charge in [-0.1, -0.05) is 12.1 Å². The van der Waals surface area contributed by atoms with Crippen LogP contribution < -0.4 is 11.1 Å². The Morgan fingerprint density at radius 3 is 2.42 bits per heavy atom. The Morgan fingerprint density at radius 1 is 1.17 bits per heavy atom. The Kier molecular flexibility index (Phi) is 5.22. The van der Waals surface area contributed by atoms with Gasteiger partial charge in [-0.2, -0.15) is 5.26 Å². The number of halogens is 2. The van der Waals surface area contributed by atoms with Crippen molar-refractivity contribution in [2.75, 3.05) is 0 Å². The number of carbonyl (C=O) groups excluding carboxylic acids is 2. The lowest BCUT2D eigenvalue weighted by molar-refractivity contribution is -0.119. The Bertz CT molecular complexity index is 811. The van der Waals surface area contributed by atoms with E-state index in [4.69, 9.17) is 11.0 Å². The van der Waals surface area contributed by atoms with Crippen molar-refractivity contribution < 1.29 is 18.4 Å². The minimum absolute atomic E-state index is 0.0500. The first-order valence-electron chi connectivity index (χ1n) is 6.94. The third kappa shape index (κ3) is 4.36. The van der Waals surface area contributed by atoms with Crippen LogP contribution in [-0.2, 0) is 11.2 Å². The minimum atomic E-state index is -1.09. The van der Waals surface area contributed by atoms with E-state index in [2.05, 4.69) is 5.32 Å². The fraction of sp³-hybridized carbons (Fsp3) is 0.118. The molecule has 2 aromatic rings. The predicted molar refractivity (Wildman–Crippen MR) is 81.7 cm³/mol. The third-order valence-electron chi connectivity index (χ3n) is 3.27. The molecule has 0 aliphatic rings. The van der Waals surface area contributed by atoms with Gasteiger partial charge in [0.1, 0.15) is 17.7 Å². The smallest absolute Gasteiger partial charge is 0.252 e. The second-order valence-corrected chi connectivity index (χ2v) is 5.10. The normalized spacial score (nSPS) is 11.4. The maximum atomic E-state index is 13.2. The number of nitrogens with two attached hydrogens (primary N) is 1. The van der Waals surface area contributed by atoms with Crippen molar-refractivity contribution in [3.05, 3.63) is 70.8 Å². The number of benzene rings is 2. The zero-order valence-electron chi connectivity index (χ0n) is 12.4. The summed E-state index contributed by atoms with van der Waals surface area (Å²) in [5.41, 5.74) is 6.03. The maximum absolute atomic E-state index is 13.2. The second kappa shape index (κ2) is 7.33. The van der Waals surface area contributed by atoms with Gasteiger partial charge in [0, 0.05) is 18.1 Å². The average Bonchev–Trinajstić information content (AvgIpc) is 2.53. The number of nitrogens with one attached hydrogen (secondary N) is 1. The number of carbonyl (C=O) groups is 2. The summed E-state index contributed by atoms with van der Waals surface area (Å²) in [6.07, 6.45) is 0.0500. The first kappa shape index (κ1) is 17.1. The Morgan fingerprint density at radius 2 is 1.83 bits per heavy atom. The summed E-state index contributed by atoms with van der Waals surface area (Å²) in [6.45, 7) is 0. The molecule has 0 aromatic heterocycles. The van der Waals surface area contributed by atoms with Crippen molar-refractivity contribution in [1.29, 1.82) is 5.26 Å². The highest BCUT2D eigenvalue weighted by molar-refractivity contribution is 5.97. The van der Waals surface area contributed by atoms with Gasteiger partial charge in [-0.15, -0.1) is 0 Å². The lowest BCUT2D eigenvalue weighted by atomic mass is 10.0. The molecule has 3 N–H and O–H groups in total. The van der Waals surface area contributed by atoms with Gasteiger partial charge in [-0.05, 0) is 29.8 Å². The Hall–Kier alpha value is -3.27. The van der Waals surface area contributed by atoms with Crippen molar-refractivity contribution in [2.45, 2.75) is 12.5 Å². The quantitative estimate of drug-likeness (QED) is 0.873. The standard InChI is InChI=1S/C17H13F2N3O2/c18-13-6-12(7-14(19)8-13)17(24)22-15(16(21)23)5-10-2-1-3-11(4-10)9-20/h1-4,6-8,15H,5H2,(H2,21,23)(H,22,24)/t15-/m0/s1. The molecule has 5 nitrogen and oxygen atoms in total. The molecule has 0 spiro atoms. The van der Waals surface area contributed by atoms with Crippen LogP contribution in [-0.4, -0.2) is 17.9 Å². The molecular formula is C17H13F2N3O2. The van der Waals surface area contributed by atoms with Crippen molar-refractivity contribution in [2.24, 2.45) is 5.73 Å². The second-order valence-electron chi connectivity index (χ2n) is 5.10. The summed E-state index contributed by atoms with van der Waals surface area (Å²) >= 11 is 0. The fourth-order valence-corrected chi connectivity index (χ4v) is 2.15. The Labute approximate surface area is 136 Å². The number of nitrogens with zero attached hydrogens (tertiary/aromatic N) is 1. The monoisotopic (exact) mass is 329 g/mol. The molecule has 1 atom stereocenters. The van der Waals surface area contributed by atoms with Gasteiger partial charge in [0.2, 0.25) is 5.91 Å². The number of hydrogen-bond acceptors (Lipinski definition) is 3. The van der Waals surface area contributed by atoms with Gasteiger partial charge in [0.15, 0.2) is 0 Å². The van der Waals surface area contributed by atoms with Crippen molar-refractivity contribution in [3.63, 3.8) is 0 Å². The molecule has 0 fully saturated rings. The molecule has 7 heteroatoms. The van der Waals surface area contributed by atoms with Crippen LogP contribution in [0.3, 0.4) is 0 Å². The number of hydrogen-bond donors (Lipinski definition) is 2. The molecule has 2 aromatic carbocycles. The van der Waals surface area contributed by atoms with Crippen LogP contribution in [0.4, 0.5) is 8.78 Å². The van der Waals surface area contributed by atoms with Gasteiger partial charge < -0.3 is 11.1 Å². The molecule has 0 heterocycles. The summed E-state index contributed by atoms with van der Waals surface area (Å²) in [4.78, 5) is 23.6. The fourth-order valence-electron chi connectivity index (χ4n) is 2.15. The van der Waals surface area contributed by atoms with E-state index in [1.54, 1.807) is 24.3 Å². The SMILES string of the molecule is N#Cc1cccc(C[C@H](NC(=O)c2cc(F)cc(F)c2)C(N)=O)c1. The van der Waals surface area contributed by atoms with Crippen LogP contribution in [0.15, 0.2) is 42.5 Å². The van der Waals surface area contributed by atoms with Gasteiger partial charge in [-0.3, -0.25) is 9.59 Å². The lowest BCUT2D eigenvalue weighted by Gasteiger charge is -2.16. The largest absolute Gasteiger partial charge is 0.368 e. The van der Waals surface area contributed by atoms with Crippen molar-refractivity contribution in [1.82, 2.24) is 5.32 Å². The molecular weight excluding hydrogens is 316 g/mol. The number of nitriles is 1. The van der Waals surface area contributed by atoms with E-state index in [9.17, 15) is 18.4 Å². The molecule has 0 unspecified atom stereocenters. The topological polar surface area (TPSA) is 96.0 Å². The summed E-state index contributed by atoms with van der Waals surface area (Å²) in [6, 6.07) is 9.68. The molecule has 2 rings (SSSR count). The molecule has 2 amide bonds. The van der Waals surface area contributed by atoms with Crippen molar-refractivity contribution >= 4 is 11.8 Å². The molecule has 0 bridgehead atoms. The highest BCUT2D eigenvalue weighted by atomic mass is 19.1. The van der Waals surface area contributed by atoms with E-state index in [1.807, 2.05) is 6.07 Å². The highest BCUT2D eigenvalue weighted by Gasteiger charge is 2.20. The molecule has 0 aliphatic carbocycles. The van der Waals surface area contributed by atoms with E-state index < -0.39 is 29.5 Å². The van der Waals surface area contributed by atoms with Gasteiger partial charge in [0.25, 0.3) is 5.91 Å². The summed E-state index contributed by atoms with van der Waals surface area (Å²) in [5.74, 6) is -3.44. The molecule has 0 saturated heterocycles. The number of amides is 2. The zero-order chi connectivity index (χ0) is 17.7.